The Morgan fingerprint density at radius 2 is 2.33 bits per heavy atom. The largest absolute Gasteiger partial charge is 0.364 e. The predicted octanol–water partition coefficient (Wildman–Crippen LogP) is 1.63. The number of fused-ring (bicyclic) bond motifs is 1. The first-order valence-corrected chi connectivity index (χ1v) is 5.85. The minimum Gasteiger partial charge on any atom is -0.364 e. The molecule has 0 saturated heterocycles. The van der Waals surface area contributed by atoms with Gasteiger partial charge in [-0.3, -0.25) is 19.7 Å². The zero-order chi connectivity index (χ0) is 13.3. The summed E-state index contributed by atoms with van der Waals surface area (Å²) in [7, 11) is 0. The quantitative estimate of drug-likeness (QED) is 0.382. The second-order valence-electron chi connectivity index (χ2n) is 4.66. The number of rotatable bonds is 3. The maximum atomic E-state index is 12.1. The Morgan fingerprint density at radius 3 is 2.94 bits per heavy atom. The van der Waals surface area contributed by atoms with Crippen LogP contribution in [0.4, 0.5) is 0 Å². The number of aromatic nitrogens is 1. The fraction of sp³-hybridized carbons (Fsp3) is 0.500. The molecular weight excluding hydrogens is 236 g/mol. The van der Waals surface area contributed by atoms with E-state index in [2.05, 4.69) is 4.98 Å². The van der Waals surface area contributed by atoms with E-state index >= 15 is 0 Å². The Kier molecular flexibility index (Phi) is 3.27. The van der Waals surface area contributed by atoms with Crippen LogP contribution in [0.25, 0.3) is 0 Å². The first-order valence-electron chi connectivity index (χ1n) is 5.85. The molecule has 1 unspecified atom stereocenters. The van der Waals surface area contributed by atoms with Gasteiger partial charge in [-0.1, -0.05) is 0 Å². The number of carbonyl (C=O) groups excluding carboxylic acids is 2. The molecule has 1 atom stereocenters. The number of nitro groups is 1. The van der Waals surface area contributed by atoms with Crippen molar-refractivity contribution in [2.24, 2.45) is 5.92 Å². The smallest absolute Gasteiger partial charge is 0.207 e. The summed E-state index contributed by atoms with van der Waals surface area (Å²) in [6.07, 6.45) is 2.87. The van der Waals surface area contributed by atoms with Crippen LogP contribution in [0.15, 0.2) is 6.20 Å². The van der Waals surface area contributed by atoms with E-state index in [1.165, 1.54) is 6.92 Å². The molecule has 0 aliphatic heterocycles. The number of ketones is 2. The number of aryl methyl sites for hydroxylation is 1. The van der Waals surface area contributed by atoms with Crippen molar-refractivity contribution in [2.75, 3.05) is 6.54 Å². The van der Waals surface area contributed by atoms with Gasteiger partial charge in [-0.25, -0.2) is 0 Å². The van der Waals surface area contributed by atoms with Crippen molar-refractivity contribution in [1.29, 1.82) is 0 Å². The SMILES string of the molecule is CC(=O)c1c[nH]c2c1C(=O)CC(C[N+](=O)[O-])CC2. The molecule has 1 aromatic heterocycles. The van der Waals surface area contributed by atoms with E-state index in [4.69, 9.17) is 0 Å². The van der Waals surface area contributed by atoms with Crippen LogP contribution in [0.5, 0.6) is 0 Å². The molecule has 0 fully saturated rings. The maximum absolute atomic E-state index is 12.1. The Morgan fingerprint density at radius 1 is 1.61 bits per heavy atom. The second-order valence-corrected chi connectivity index (χ2v) is 4.66. The molecule has 0 spiro atoms. The van der Waals surface area contributed by atoms with Gasteiger partial charge in [0.05, 0.1) is 0 Å². The van der Waals surface area contributed by atoms with Gasteiger partial charge in [0.25, 0.3) is 0 Å². The average Bonchev–Trinajstić information content (AvgIpc) is 2.62. The summed E-state index contributed by atoms with van der Waals surface area (Å²) in [5.74, 6) is -0.567. The van der Waals surface area contributed by atoms with Gasteiger partial charge in [0.15, 0.2) is 11.6 Å². The van der Waals surface area contributed by atoms with Crippen molar-refractivity contribution in [3.63, 3.8) is 0 Å². The molecule has 6 nitrogen and oxygen atoms in total. The molecule has 0 amide bonds. The maximum Gasteiger partial charge on any atom is 0.207 e. The monoisotopic (exact) mass is 250 g/mol. The summed E-state index contributed by atoms with van der Waals surface area (Å²) < 4.78 is 0. The van der Waals surface area contributed by atoms with E-state index in [0.29, 0.717) is 24.0 Å². The molecule has 6 heteroatoms. The Labute approximate surface area is 104 Å². The van der Waals surface area contributed by atoms with Gasteiger partial charge in [0, 0.05) is 40.3 Å². The van der Waals surface area contributed by atoms with Crippen molar-refractivity contribution in [3.05, 3.63) is 33.1 Å². The zero-order valence-electron chi connectivity index (χ0n) is 10.1. The van der Waals surface area contributed by atoms with Crippen LogP contribution < -0.4 is 0 Å². The number of aromatic amines is 1. The molecular formula is C12H14N2O4. The van der Waals surface area contributed by atoms with Crippen LogP contribution in [-0.2, 0) is 6.42 Å². The number of carbonyl (C=O) groups is 2. The summed E-state index contributed by atoms with van der Waals surface area (Å²) >= 11 is 0. The summed E-state index contributed by atoms with van der Waals surface area (Å²) in [5.41, 5.74) is 1.57. The molecule has 0 aromatic carbocycles. The number of nitrogens with zero attached hydrogens (tertiary/aromatic N) is 1. The lowest BCUT2D eigenvalue weighted by molar-refractivity contribution is -0.488. The van der Waals surface area contributed by atoms with Gasteiger partial charge < -0.3 is 4.98 Å². The van der Waals surface area contributed by atoms with Gasteiger partial charge in [0.2, 0.25) is 6.54 Å². The third-order valence-corrected chi connectivity index (χ3v) is 3.30. The Bertz CT molecular complexity index is 518. The molecule has 1 aromatic rings. The number of nitrogens with one attached hydrogen (secondary N) is 1. The molecule has 1 aliphatic carbocycles. The highest BCUT2D eigenvalue weighted by atomic mass is 16.6. The standard InChI is InChI=1S/C12H14N2O4/c1-7(15)9-5-13-10-3-2-8(6-14(17)18)4-11(16)12(9)10/h5,8,13H,2-4,6H2,1H3. The molecule has 1 aliphatic rings. The van der Waals surface area contributed by atoms with Gasteiger partial charge in [0.1, 0.15) is 0 Å². The van der Waals surface area contributed by atoms with Crippen LogP contribution >= 0.6 is 0 Å². The highest BCUT2D eigenvalue weighted by molar-refractivity contribution is 6.09. The van der Waals surface area contributed by atoms with Crippen molar-refractivity contribution >= 4 is 11.6 Å². The lowest BCUT2D eigenvalue weighted by Crippen LogP contribution is -2.17. The number of H-pyrrole nitrogens is 1. The Balaban J connectivity index is 2.27. The summed E-state index contributed by atoms with van der Waals surface area (Å²) in [6.45, 7) is 1.22. The molecule has 1 heterocycles. The molecule has 0 radical (unpaired) electrons. The van der Waals surface area contributed by atoms with Gasteiger partial charge in [-0.15, -0.1) is 0 Å². The fourth-order valence-electron chi connectivity index (χ4n) is 2.44. The van der Waals surface area contributed by atoms with Crippen molar-refractivity contribution in [1.82, 2.24) is 4.98 Å². The van der Waals surface area contributed by atoms with E-state index in [0.717, 1.165) is 5.69 Å². The Hall–Kier alpha value is -1.98. The predicted molar refractivity (Wildman–Crippen MR) is 63.4 cm³/mol. The van der Waals surface area contributed by atoms with E-state index < -0.39 is 0 Å². The van der Waals surface area contributed by atoms with Crippen molar-refractivity contribution in [3.8, 4) is 0 Å². The minimum absolute atomic E-state index is 0.145. The van der Waals surface area contributed by atoms with Crippen LogP contribution in [0, 0.1) is 16.0 Å². The lowest BCUT2D eigenvalue weighted by Gasteiger charge is -2.07. The molecule has 96 valence electrons. The molecule has 0 saturated carbocycles. The second kappa shape index (κ2) is 4.72. The van der Waals surface area contributed by atoms with Gasteiger partial charge >= 0.3 is 0 Å². The number of hydrogen-bond acceptors (Lipinski definition) is 4. The summed E-state index contributed by atoms with van der Waals surface area (Å²) in [5, 5.41) is 10.5. The van der Waals surface area contributed by atoms with Gasteiger partial charge in [-0.2, -0.15) is 0 Å². The van der Waals surface area contributed by atoms with E-state index in [1.807, 2.05) is 0 Å². The highest BCUT2D eigenvalue weighted by Gasteiger charge is 2.29. The topological polar surface area (TPSA) is 93.1 Å². The van der Waals surface area contributed by atoms with Crippen LogP contribution in [0.2, 0.25) is 0 Å². The van der Waals surface area contributed by atoms with Gasteiger partial charge in [-0.05, 0) is 19.8 Å². The highest BCUT2D eigenvalue weighted by Crippen LogP contribution is 2.27. The third kappa shape index (κ3) is 2.32. The van der Waals surface area contributed by atoms with E-state index in [9.17, 15) is 19.7 Å². The molecule has 1 N–H and O–H groups in total. The lowest BCUT2D eigenvalue weighted by atomic mass is 9.97. The molecule has 0 bridgehead atoms. The fourth-order valence-corrected chi connectivity index (χ4v) is 2.44. The molecule has 18 heavy (non-hydrogen) atoms. The van der Waals surface area contributed by atoms with Crippen LogP contribution in [0.3, 0.4) is 0 Å². The first kappa shape index (κ1) is 12.5. The van der Waals surface area contributed by atoms with Crippen molar-refractivity contribution in [2.45, 2.75) is 26.2 Å². The summed E-state index contributed by atoms with van der Waals surface area (Å²) in [4.78, 5) is 36.6. The first-order chi connectivity index (χ1) is 8.49. The summed E-state index contributed by atoms with van der Waals surface area (Å²) in [6, 6.07) is 0. The molecule has 2 rings (SSSR count). The van der Waals surface area contributed by atoms with Crippen LogP contribution in [-0.4, -0.2) is 28.0 Å². The average molecular weight is 250 g/mol. The zero-order valence-corrected chi connectivity index (χ0v) is 10.1. The minimum atomic E-state index is -0.385. The van der Waals surface area contributed by atoms with Crippen molar-refractivity contribution < 1.29 is 14.5 Å². The number of Topliss-reactive ketones (excluding diaryl/α,β-unsaturated/α-hetero) is 2. The van der Waals surface area contributed by atoms with Crippen LogP contribution in [0.1, 0.15) is 46.2 Å². The normalized spacial score (nSPS) is 19.2. The van der Waals surface area contributed by atoms with E-state index in [-0.39, 0.29) is 35.4 Å². The number of hydrogen-bond donors (Lipinski definition) is 1. The third-order valence-electron chi connectivity index (χ3n) is 3.30. The van der Waals surface area contributed by atoms with E-state index in [1.54, 1.807) is 6.20 Å².